The lowest BCUT2D eigenvalue weighted by atomic mass is 10.0. The number of nitrogens with one attached hydrogen (secondary N) is 2. The third-order valence-electron chi connectivity index (χ3n) is 6.39. The van der Waals surface area contributed by atoms with Gasteiger partial charge in [-0.05, 0) is 98.9 Å². The highest BCUT2D eigenvalue weighted by Gasteiger charge is 2.19. The van der Waals surface area contributed by atoms with Crippen molar-refractivity contribution < 1.29 is 19.4 Å². The minimum Gasteiger partial charge on any atom is -0.478 e. The van der Waals surface area contributed by atoms with E-state index in [9.17, 15) is 9.59 Å². The highest BCUT2D eigenvalue weighted by Crippen LogP contribution is 2.23. The predicted molar refractivity (Wildman–Crippen MR) is 140 cm³/mol. The molecule has 1 aliphatic heterocycles. The molecule has 1 fully saturated rings. The first kappa shape index (κ1) is 25.4. The number of rotatable bonds is 10. The van der Waals surface area contributed by atoms with Crippen LogP contribution in [0.25, 0.3) is 0 Å². The zero-order chi connectivity index (χ0) is 25.2. The minimum absolute atomic E-state index is 0.00638. The largest absolute Gasteiger partial charge is 0.478 e. The maximum atomic E-state index is 12.6. The molecule has 7 heteroatoms. The van der Waals surface area contributed by atoms with Gasteiger partial charge >= 0.3 is 5.97 Å². The number of benzene rings is 3. The fourth-order valence-corrected chi connectivity index (χ4v) is 4.41. The molecule has 0 aliphatic carbocycles. The number of amides is 1. The summed E-state index contributed by atoms with van der Waals surface area (Å²) in [5.41, 5.74) is 2.14. The number of hydrogen-bond acceptors (Lipinski definition) is 5. The maximum Gasteiger partial charge on any atom is 0.335 e. The maximum absolute atomic E-state index is 12.6. The molecule has 1 aliphatic rings. The van der Waals surface area contributed by atoms with Gasteiger partial charge in [0, 0.05) is 12.2 Å². The summed E-state index contributed by atoms with van der Waals surface area (Å²) in [6, 6.07) is 24.0. The number of carboxylic acid groups (broad SMARTS) is 1. The average molecular weight is 488 g/mol. The smallest absolute Gasteiger partial charge is 0.335 e. The Morgan fingerprint density at radius 3 is 2.33 bits per heavy atom. The van der Waals surface area contributed by atoms with E-state index in [-0.39, 0.29) is 5.91 Å². The lowest BCUT2D eigenvalue weighted by Crippen LogP contribution is -2.34. The first-order valence-corrected chi connectivity index (χ1v) is 12.4. The van der Waals surface area contributed by atoms with Crippen molar-refractivity contribution >= 4 is 17.6 Å². The first-order valence-electron chi connectivity index (χ1n) is 12.4. The molecule has 1 amide bonds. The van der Waals surface area contributed by atoms with Crippen molar-refractivity contribution in [3.8, 4) is 11.5 Å². The molecule has 0 aromatic heterocycles. The molecule has 36 heavy (non-hydrogen) atoms. The fraction of sp³-hybridized carbons (Fsp3) is 0.310. The molecule has 1 unspecified atom stereocenters. The van der Waals surface area contributed by atoms with Crippen LogP contribution in [-0.2, 0) is 11.3 Å². The van der Waals surface area contributed by atoms with Crippen molar-refractivity contribution in [3.05, 3.63) is 90.0 Å². The monoisotopic (exact) mass is 487 g/mol. The van der Waals surface area contributed by atoms with Crippen molar-refractivity contribution in [2.45, 2.75) is 25.8 Å². The molecule has 7 nitrogen and oxygen atoms in total. The summed E-state index contributed by atoms with van der Waals surface area (Å²) in [5, 5.41) is 15.5. The van der Waals surface area contributed by atoms with Crippen LogP contribution < -0.4 is 15.4 Å². The number of carboxylic acids is 1. The van der Waals surface area contributed by atoms with Crippen molar-refractivity contribution in [2.24, 2.45) is 5.92 Å². The van der Waals surface area contributed by atoms with Gasteiger partial charge in [0.1, 0.15) is 11.5 Å². The fourth-order valence-electron chi connectivity index (χ4n) is 4.41. The Kier molecular flexibility index (Phi) is 9.08. The second-order valence-corrected chi connectivity index (χ2v) is 9.19. The Morgan fingerprint density at radius 2 is 1.61 bits per heavy atom. The number of carbonyl (C=O) groups is 2. The molecule has 0 spiro atoms. The first-order chi connectivity index (χ1) is 17.5. The molecule has 4 rings (SSSR count). The molecule has 3 aromatic carbocycles. The Hall–Kier alpha value is -3.68. The molecule has 0 saturated carbocycles. The second-order valence-electron chi connectivity index (χ2n) is 9.19. The van der Waals surface area contributed by atoms with E-state index in [0.717, 1.165) is 68.2 Å². The quantitative estimate of drug-likeness (QED) is 0.373. The van der Waals surface area contributed by atoms with Gasteiger partial charge in [0.25, 0.3) is 0 Å². The number of ether oxygens (including phenoxy) is 1. The molecule has 1 saturated heterocycles. The topological polar surface area (TPSA) is 90.9 Å². The third-order valence-corrected chi connectivity index (χ3v) is 6.39. The zero-order valence-corrected chi connectivity index (χ0v) is 20.4. The van der Waals surface area contributed by atoms with Crippen LogP contribution in [0, 0.1) is 5.92 Å². The molecule has 188 valence electrons. The SMILES string of the molecule is O=C(CN1CCCC(CNCc2ccc(C(=O)O)cc2)CC1)Nc1ccc(Oc2ccccc2)cc1. The number of nitrogens with zero attached hydrogens (tertiary/aromatic N) is 1. The molecule has 1 atom stereocenters. The summed E-state index contributed by atoms with van der Waals surface area (Å²) in [6.45, 7) is 3.84. The minimum atomic E-state index is -0.905. The highest BCUT2D eigenvalue weighted by atomic mass is 16.5. The van der Waals surface area contributed by atoms with Crippen LogP contribution in [0.4, 0.5) is 5.69 Å². The number of aromatic carboxylic acids is 1. The van der Waals surface area contributed by atoms with Gasteiger partial charge in [0.2, 0.25) is 5.91 Å². The summed E-state index contributed by atoms with van der Waals surface area (Å²) < 4.78 is 5.80. The number of hydrogen-bond donors (Lipinski definition) is 3. The van der Waals surface area contributed by atoms with Gasteiger partial charge in [-0.25, -0.2) is 4.79 Å². The highest BCUT2D eigenvalue weighted by molar-refractivity contribution is 5.92. The van der Waals surface area contributed by atoms with Crippen LogP contribution in [0.15, 0.2) is 78.9 Å². The molecule has 0 bridgehead atoms. The van der Waals surface area contributed by atoms with Gasteiger partial charge in [-0.2, -0.15) is 0 Å². The molecule has 0 radical (unpaired) electrons. The van der Waals surface area contributed by atoms with Crippen LogP contribution >= 0.6 is 0 Å². The third kappa shape index (κ3) is 7.93. The van der Waals surface area contributed by atoms with Crippen LogP contribution in [0.1, 0.15) is 35.2 Å². The number of para-hydroxylation sites is 1. The van der Waals surface area contributed by atoms with Gasteiger partial charge in [0.05, 0.1) is 12.1 Å². The molecular weight excluding hydrogens is 454 g/mol. The van der Waals surface area contributed by atoms with E-state index in [0.29, 0.717) is 18.0 Å². The van der Waals surface area contributed by atoms with E-state index in [1.165, 1.54) is 0 Å². The van der Waals surface area contributed by atoms with Gasteiger partial charge in [0.15, 0.2) is 0 Å². The van der Waals surface area contributed by atoms with Crippen LogP contribution in [0.5, 0.6) is 11.5 Å². The average Bonchev–Trinajstić information content (AvgIpc) is 3.11. The van der Waals surface area contributed by atoms with E-state index in [1.54, 1.807) is 12.1 Å². The van der Waals surface area contributed by atoms with Crippen molar-refractivity contribution in [3.63, 3.8) is 0 Å². The summed E-state index contributed by atoms with van der Waals surface area (Å²) in [4.78, 5) is 25.8. The zero-order valence-electron chi connectivity index (χ0n) is 20.4. The Balaban J connectivity index is 1.16. The molecule has 3 N–H and O–H groups in total. The van der Waals surface area contributed by atoms with Crippen LogP contribution in [0.2, 0.25) is 0 Å². The van der Waals surface area contributed by atoms with Crippen LogP contribution in [-0.4, -0.2) is 48.1 Å². The van der Waals surface area contributed by atoms with Gasteiger partial charge in [-0.15, -0.1) is 0 Å². The number of likely N-dealkylation sites (tertiary alicyclic amines) is 1. The Bertz CT molecular complexity index is 1120. The number of anilines is 1. The van der Waals surface area contributed by atoms with Crippen molar-refractivity contribution in [1.29, 1.82) is 0 Å². The van der Waals surface area contributed by atoms with Crippen molar-refractivity contribution in [1.82, 2.24) is 10.2 Å². The molecular formula is C29H33N3O4. The van der Waals surface area contributed by atoms with Gasteiger partial charge in [-0.1, -0.05) is 30.3 Å². The van der Waals surface area contributed by atoms with Gasteiger partial charge in [-0.3, -0.25) is 9.69 Å². The van der Waals surface area contributed by atoms with Gasteiger partial charge < -0.3 is 20.5 Å². The van der Waals surface area contributed by atoms with E-state index in [2.05, 4.69) is 15.5 Å². The Morgan fingerprint density at radius 1 is 0.889 bits per heavy atom. The summed E-state index contributed by atoms with van der Waals surface area (Å²) in [7, 11) is 0. The molecule has 1 heterocycles. The second kappa shape index (κ2) is 12.9. The summed E-state index contributed by atoms with van der Waals surface area (Å²) in [6.07, 6.45) is 3.24. The summed E-state index contributed by atoms with van der Waals surface area (Å²) >= 11 is 0. The summed E-state index contributed by atoms with van der Waals surface area (Å²) in [5.74, 6) is 1.15. The number of carbonyl (C=O) groups excluding carboxylic acids is 1. The normalized spacial score (nSPS) is 16.2. The standard InChI is InChI=1S/C29H33N3O4/c33-28(31-25-12-14-27(15-13-25)36-26-6-2-1-3-7-26)21-32-17-4-5-22(16-18-32)19-30-20-23-8-10-24(11-9-23)29(34)35/h1-3,6-15,22,30H,4-5,16-21H2,(H,31,33)(H,34,35). The van der Waals surface area contributed by atoms with E-state index in [1.807, 2.05) is 66.7 Å². The van der Waals surface area contributed by atoms with Crippen molar-refractivity contribution in [2.75, 3.05) is 31.5 Å². The van der Waals surface area contributed by atoms with Crippen LogP contribution in [0.3, 0.4) is 0 Å². The predicted octanol–water partition coefficient (Wildman–Crippen LogP) is 5.01. The lowest BCUT2D eigenvalue weighted by molar-refractivity contribution is -0.117. The lowest BCUT2D eigenvalue weighted by Gasteiger charge is -2.20. The van der Waals surface area contributed by atoms with E-state index < -0.39 is 5.97 Å². The van der Waals surface area contributed by atoms with E-state index in [4.69, 9.17) is 9.84 Å². The van der Waals surface area contributed by atoms with E-state index >= 15 is 0 Å². The molecule has 3 aromatic rings. The Labute approximate surface area is 212 Å².